The van der Waals surface area contributed by atoms with Crippen LogP contribution in [0, 0.1) is 10.1 Å². The molecule has 2 fully saturated rings. The number of rotatable bonds is 10. The van der Waals surface area contributed by atoms with Gasteiger partial charge < -0.3 is 20.7 Å². The summed E-state index contributed by atoms with van der Waals surface area (Å²) in [5, 5.41) is 16.4. The van der Waals surface area contributed by atoms with Crippen LogP contribution < -0.4 is 15.8 Å². The predicted molar refractivity (Wildman–Crippen MR) is 161 cm³/mol. The van der Waals surface area contributed by atoms with Gasteiger partial charge in [-0.3, -0.25) is 24.6 Å². The summed E-state index contributed by atoms with van der Waals surface area (Å²) < 4.78 is 5.35. The molecular weight excluding hydrogens is 554 g/mol. The first-order valence-corrected chi connectivity index (χ1v) is 15.2. The van der Waals surface area contributed by atoms with Crippen molar-refractivity contribution in [3.63, 3.8) is 0 Å². The zero-order valence-corrected chi connectivity index (χ0v) is 24.5. The number of hydrogen-bond acceptors (Lipinski definition) is 8. The van der Waals surface area contributed by atoms with Crippen molar-refractivity contribution in [3.8, 4) is 5.75 Å². The summed E-state index contributed by atoms with van der Waals surface area (Å²) in [5.74, 6) is 0.225. The SMILES string of the molecule is COc1cccc(C(=O)N2CC(N(Cc3ccc([N+](=O)[O-])cc3)Cc3cccs3)CC2C(=O)NC2CCC(N)CC2)c1. The third-order valence-corrected chi connectivity index (χ3v) is 9.13. The molecule has 2 unspecified atom stereocenters. The second-order valence-corrected chi connectivity index (χ2v) is 12.2. The Morgan fingerprint density at radius 3 is 2.52 bits per heavy atom. The van der Waals surface area contributed by atoms with Crippen molar-refractivity contribution in [1.82, 2.24) is 15.1 Å². The van der Waals surface area contributed by atoms with Crippen LogP contribution in [0.2, 0.25) is 0 Å². The zero-order chi connectivity index (χ0) is 29.6. The number of nitrogens with one attached hydrogen (secondary N) is 1. The first-order chi connectivity index (χ1) is 20.3. The molecular formula is C31H37N5O5S. The van der Waals surface area contributed by atoms with Gasteiger partial charge in [0.2, 0.25) is 5.91 Å². The van der Waals surface area contributed by atoms with Crippen molar-refractivity contribution >= 4 is 28.8 Å². The van der Waals surface area contributed by atoms with Crippen molar-refractivity contribution in [1.29, 1.82) is 0 Å². The predicted octanol–water partition coefficient (Wildman–Crippen LogP) is 4.34. The van der Waals surface area contributed by atoms with Gasteiger partial charge in [-0.2, -0.15) is 0 Å². The van der Waals surface area contributed by atoms with E-state index in [-0.39, 0.29) is 35.6 Å². The standard InChI is InChI=1S/C31H37N5O5S/c1-41-27-5-2-4-22(16-27)31(38)35-19-26(17-29(35)30(37)33-24-11-9-23(32)10-12-24)34(20-28-6-3-15-42-28)18-21-7-13-25(14-8-21)36(39)40/h2-8,13-16,23-24,26,29H,9-12,17-20,32H2,1H3,(H,33,37). The summed E-state index contributed by atoms with van der Waals surface area (Å²) in [6, 6.07) is 17.1. The number of likely N-dealkylation sites (tertiary alicyclic amines) is 1. The molecule has 2 aliphatic rings. The molecule has 1 aromatic heterocycles. The number of carbonyl (C=O) groups excluding carboxylic acids is 2. The number of nitro benzene ring substituents is 1. The molecule has 10 nitrogen and oxygen atoms in total. The van der Waals surface area contributed by atoms with Crippen molar-refractivity contribution < 1.29 is 19.2 Å². The maximum absolute atomic E-state index is 13.9. The minimum absolute atomic E-state index is 0.0416. The van der Waals surface area contributed by atoms with Gasteiger partial charge in [-0.25, -0.2) is 0 Å². The van der Waals surface area contributed by atoms with Crippen LogP contribution in [0.3, 0.4) is 0 Å². The van der Waals surface area contributed by atoms with Crippen molar-refractivity contribution in [2.45, 2.75) is 69.4 Å². The van der Waals surface area contributed by atoms with E-state index < -0.39 is 11.0 Å². The first kappa shape index (κ1) is 29.7. The maximum Gasteiger partial charge on any atom is 0.269 e. The van der Waals surface area contributed by atoms with E-state index in [1.54, 1.807) is 59.7 Å². The third-order valence-electron chi connectivity index (χ3n) is 8.27. The Kier molecular flexibility index (Phi) is 9.51. The molecule has 0 spiro atoms. The van der Waals surface area contributed by atoms with Crippen LogP contribution in [-0.2, 0) is 17.9 Å². The topological polar surface area (TPSA) is 131 Å². The van der Waals surface area contributed by atoms with Crippen LogP contribution in [0.4, 0.5) is 5.69 Å². The Morgan fingerprint density at radius 1 is 1.10 bits per heavy atom. The summed E-state index contributed by atoms with van der Waals surface area (Å²) in [4.78, 5) is 43.6. The Morgan fingerprint density at radius 2 is 1.86 bits per heavy atom. The second-order valence-electron chi connectivity index (χ2n) is 11.1. The van der Waals surface area contributed by atoms with Crippen LogP contribution >= 0.6 is 11.3 Å². The van der Waals surface area contributed by atoms with Gasteiger partial charge in [-0.05, 0) is 67.3 Å². The van der Waals surface area contributed by atoms with Crippen LogP contribution in [0.15, 0.2) is 66.0 Å². The van der Waals surface area contributed by atoms with Crippen molar-refractivity contribution in [2.24, 2.45) is 5.73 Å². The van der Waals surface area contributed by atoms with Crippen molar-refractivity contribution in [3.05, 3.63) is 92.2 Å². The van der Waals surface area contributed by atoms with Gasteiger partial charge in [-0.1, -0.05) is 24.3 Å². The van der Waals surface area contributed by atoms with Gasteiger partial charge in [0, 0.05) is 60.3 Å². The average molecular weight is 592 g/mol. The molecule has 0 radical (unpaired) electrons. The lowest BCUT2D eigenvalue weighted by Crippen LogP contribution is -2.50. The minimum Gasteiger partial charge on any atom is -0.497 e. The van der Waals surface area contributed by atoms with Crippen LogP contribution in [0.5, 0.6) is 5.75 Å². The number of benzene rings is 2. The molecule has 5 rings (SSSR count). The largest absolute Gasteiger partial charge is 0.497 e. The number of amides is 2. The average Bonchev–Trinajstić information content (AvgIpc) is 3.68. The highest BCUT2D eigenvalue weighted by atomic mass is 32.1. The minimum atomic E-state index is -0.632. The molecule has 2 aromatic carbocycles. The summed E-state index contributed by atoms with van der Waals surface area (Å²) >= 11 is 1.65. The molecule has 2 amide bonds. The number of nitrogens with two attached hydrogens (primary N) is 1. The highest BCUT2D eigenvalue weighted by molar-refractivity contribution is 7.09. The molecule has 42 heavy (non-hydrogen) atoms. The van der Waals surface area contributed by atoms with E-state index in [0.717, 1.165) is 36.1 Å². The molecule has 1 aliphatic carbocycles. The Hall–Kier alpha value is -3.80. The fraction of sp³-hybridized carbons (Fsp3) is 0.419. The Bertz CT molecular complexity index is 1370. The Balaban J connectivity index is 1.41. The summed E-state index contributed by atoms with van der Waals surface area (Å²) in [6.45, 7) is 1.54. The normalized spacial score (nSPS) is 22.2. The maximum atomic E-state index is 13.9. The first-order valence-electron chi connectivity index (χ1n) is 14.3. The second kappa shape index (κ2) is 13.5. The van der Waals surface area contributed by atoms with E-state index in [9.17, 15) is 19.7 Å². The number of thiophene rings is 1. The molecule has 11 heteroatoms. The van der Waals surface area contributed by atoms with Crippen molar-refractivity contribution in [2.75, 3.05) is 13.7 Å². The lowest BCUT2D eigenvalue weighted by Gasteiger charge is -2.30. The number of ether oxygens (including phenoxy) is 1. The van der Waals surface area contributed by atoms with Gasteiger partial charge in [0.15, 0.2) is 0 Å². The van der Waals surface area contributed by atoms with E-state index >= 15 is 0 Å². The van der Waals surface area contributed by atoms with Gasteiger partial charge >= 0.3 is 0 Å². The quantitative estimate of drug-likeness (QED) is 0.265. The number of methoxy groups -OCH3 is 1. The highest BCUT2D eigenvalue weighted by Crippen LogP contribution is 2.30. The summed E-state index contributed by atoms with van der Waals surface area (Å²) in [5.41, 5.74) is 7.52. The molecule has 1 saturated heterocycles. The fourth-order valence-corrected chi connectivity index (χ4v) is 6.64. The van der Waals surface area contributed by atoms with E-state index in [0.29, 0.717) is 37.4 Å². The van der Waals surface area contributed by atoms with Crippen LogP contribution in [-0.4, -0.2) is 64.4 Å². The van der Waals surface area contributed by atoms with Gasteiger partial charge in [0.05, 0.1) is 12.0 Å². The summed E-state index contributed by atoms with van der Waals surface area (Å²) in [7, 11) is 1.56. The monoisotopic (exact) mass is 591 g/mol. The van der Waals surface area contributed by atoms with E-state index in [1.807, 2.05) is 11.4 Å². The number of non-ortho nitro benzene ring substituents is 1. The van der Waals surface area contributed by atoms with E-state index in [2.05, 4.69) is 16.3 Å². The molecule has 3 N–H and O–H groups in total. The smallest absolute Gasteiger partial charge is 0.269 e. The Labute approximate surface area is 249 Å². The lowest BCUT2D eigenvalue weighted by atomic mass is 9.91. The number of nitro groups is 1. The van der Waals surface area contributed by atoms with E-state index in [4.69, 9.17) is 10.5 Å². The van der Waals surface area contributed by atoms with Gasteiger partial charge in [0.25, 0.3) is 11.6 Å². The third kappa shape index (κ3) is 7.15. The molecule has 0 bridgehead atoms. The fourth-order valence-electron chi connectivity index (χ4n) is 5.91. The summed E-state index contributed by atoms with van der Waals surface area (Å²) in [6.07, 6.45) is 3.88. The van der Waals surface area contributed by atoms with Gasteiger partial charge in [0.1, 0.15) is 11.8 Å². The molecule has 1 aliphatic heterocycles. The zero-order valence-electron chi connectivity index (χ0n) is 23.7. The number of hydrogen-bond donors (Lipinski definition) is 2. The molecule has 3 aromatic rings. The van der Waals surface area contributed by atoms with Crippen LogP contribution in [0.25, 0.3) is 0 Å². The molecule has 2 atom stereocenters. The molecule has 2 heterocycles. The van der Waals surface area contributed by atoms with E-state index in [1.165, 1.54) is 12.1 Å². The van der Waals surface area contributed by atoms with Gasteiger partial charge in [-0.15, -0.1) is 11.3 Å². The number of carbonyl (C=O) groups is 2. The molecule has 222 valence electrons. The number of nitrogens with zero attached hydrogens (tertiary/aromatic N) is 3. The van der Waals surface area contributed by atoms with Crippen LogP contribution in [0.1, 0.15) is 52.9 Å². The highest BCUT2D eigenvalue weighted by Gasteiger charge is 2.42. The lowest BCUT2D eigenvalue weighted by molar-refractivity contribution is -0.384. The molecule has 1 saturated carbocycles.